The Hall–Kier alpha value is -1.44. The van der Waals surface area contributed by atoms with Crippen LogP contribution in [0.5, 0.6) is 0 Å². The molecule has 1 heterocycles. The van der Waals surface area contributed by atoms with Gasteiger partial charge in [0, 0.05) is 6.54 Å². The number of nitrogens with zero attached hydrogens (tertiary/aromatic N) is 1. The van der Waals surface area contributed by atoms with E-state index in [9.17, 15) is 13.2 Å². The maximum absolute atomic E-state index is 12.7. The number of hydrogen-bond donors (Lipinski definition) is 2. The van der Waals surface area contributed by atoms with Crippen LogP contribution in [0.25, 0.3) is 0 Å². The second kappa shape index (κ2) is 8.09. The first-order valence-corrected chi connectivity index (χ1v) is 9.99. The molecule has 7 heteroatoms. The van der Waals surface area contributed by atoms with Crippen LogP contribution in [-0.2, 0) is 14.8 Å². The molecule has 0 spiro atoms. The number of aryl methyl sites for hydroxylation is 1. The molecule has 24 heavy (non-hydrogen) atoms. The first-order chi connectivity index (χ1) is 11.4. The van der Waals surface area contributed by atoms with E-state index in [1.165, 1.54) is 4.31 Å². The minimum Gasteiger partial charge on any atom is -0.351 e. The van der Waals surface area contributed by atoms with Crippen LogP contribution in [0.4, 0.5) is 0 Å². The Morgan fingerprint density at radius 2 is 1.83 bits per heavy atom. The van der Waals surface area contributed by atoms with Gasteiger partial charge < -0.3 is 10.2 Å². The fourth-order valence-corrected chi connectivity index (χ4v) is 4.33. The van der Waals surface area contributed by atoms with Crippen LogP contribution in [0.1, 0.15) is 25.8 Å². The minimum atomic E-state index is -3.44. The molecule has 1 atom stereocenters. The molecule has 1 amide bonds. The zero-order valence-electron chi connectivity index (χ0n) is 14.7. The van der Waals surface area contributed by atoms with Crippen LogP contribution in [0.15, 0.2) is 29.2 Å². The molecule has 1 saturated heterocycles. The Morgan fingerprint density at radius 1 is 1.25 bits per heavy atom. The zero-order valence-corrected chi connectivity index (χ0v) is 15.5. The van der Waals surface area contributed by atoms with E-state index in [-0.39, 0.29) is 11.9 Å². The Bertz CT molecular complexity index is 650. The second-order valence-corrected chi connectivity index (χ2v) is 8.33. The maximum atomic E-state index is 12.7. The lowest BCUT2D eigenvalue weighted by Crippen LogP contribution is -3.19. The van der Waals surface area contributed by atoms with E-state index in [1.807, 2.05) is 32.9 Å². The van der Waals surface area contributed by atoms with E-state index in [1.54, 1.807) is 12.1 Å². The average molecular weight is 354 g/mol. The molecule has 2 N–H and O–H groups in total. The number of rotatable bonds is 6. The molecule has 1 aliphatic heterocycles. The average Bonchev–Trinajstić information content (AvgIpc) is 2.59. The highest BCUT2D eigenvalue weighted by Crippen LogP contribution is 2.16. The summed E-state index contributed by atoms with van der Waals surface area (Å²) in [6, 6.07) is 6.79. The van der Waals surface area contributed by atoms with Crippen molar-refractivity contribution in [3.63, 3.8) is 0 Å². The van der Waals surface area contributed by atoms with Gasteiger partial charge in [-0.3, -0.25) is 4.79 Å². The molecule has 0 saturated carbocycles. The number of sulfonamides is 1. The molecule has 0 aliphatic carbocycles. The lowest BCUT2D eigenvalue weighted by molar-refractivity contribution is -0.917. The summed E-state index contributed by atoms with van der Waals surface area (Å²) in [6.07, 6.45) is 0.913. The number of benzene rings is 1. The van der Waals surface area contributed by atoms with Gasteiger partial charge >= 0.3 is 0 Å². The van der Waals surface area contributed by atoms with Crippen molar-refractivity contribution < 1.29 is 18.1 Å². The van der Waals surface area contributed by atoms with Gasteiger partial charge in [0.1, 0.15) is 0 Å². The first-order valence-electron chi connectivity index (χ1n) is 8.55. The van der Waals surface area contributed by atoms with E-state index in [0.717, 1.165) is 16.9 Å². The van der Waals surface area contributed by atoms with Crippen molar-refractivity contribution in [2.45, 2.75) is 38.1 Å². The quantitative estimate of drug-likeness (QED) is 0.743. The van der Waals surface area contributed by atoms with Crippen molar-refractivity contribution in [1.29, 1.82) is 0 Å². The smallest absolute Gasteiger partial charge is 0.278 e. The molecule has 134 valence electrons. The van der Waals surface area contributed by atoms with Crippen LogP contribution in [0.3, 0.4) is 0 Å². The Labute approximate surface area is 144 Å². The molecule has 1 aliphatic rings. The maximum Gasteiger partial charge on any atom is 0.278 e. The SMILES string of the molecule is CCCNC(=O)[C@@H](C)[NH+]1CCN(S(=O)(=O)c2ccc(C)cc2)CC1. The summed E-state index contributed by atoms with van der Waals surface area (Å²) in [4.78, 5) is 13.5. The molecule has 0 bridgehead atoms. The van der Waals surface area contributed by atoms with Gasteiger partial charge in [-0.2, -0.15) is 4.31 Å². The third kappa shape index (κ3) is 4.34. The summed E-state index contributed by atoms with van der Waals surface area (Å²) in [7, 11) is -3.44. The van der Waals surface area contributed by atoms with Crippen molar-refractivity contribution in [2.75, 3.05) is 32.7 Å². The van der Waals surface area contributed by atoms with Crippen molar-refractivity contribution >= 4 is 15.9 Å². The summed E-state index contributed by atoms with van der Waals surface area (Å²) >= 11 is 0. The van der Waals surface area contributed by atoms with Crippen LogP contribution < -0.4 is 10.2 Å². The fourth-order valence-electron chi connectivity index (χ4n) is 2.89. The summed E-state index contributed by atoms with van der Waals surface area (Å²) < 4.78 is 26.9. The normalized spacial score (nSPS) is 18.3. The number of amides is 1. The van der Waals surface area contributed by atoms with Crippen molar-refractivity contribution in [2.24, 2.45) is 0 Å². The van der Waals surface area contributed by atoms with Gasteiger partial charge in [-0.25, -0.2) is 8.42 Å². The molecule has 1 aromatic rings. The Kier molecular flexibility index (Phi) is 6.37. The molecule has 1 aromatic carbocycles. The van der Waals surface area contributed by atoms with E-state index in [0.29, 0.717) is 37.6 Å². The zero-order chi connectivity index (χ0) is 17.7. The Morgan fingerprint density at radius 3 is 2.38 bits per heavy atom. The van der Waals surface area contributed by atoms with E-state index in [2.05, 4.69) is 5.32 Å². The lowest BCUT2D eigenvalue weighted by Gasteiger charge is -2.34. The molecule has 2 rings (SSSR count). The van der Waals surface area contributed by atoms with Crippen LogP contribution in [0, 0.1) is 6.92 Å². The number of hydrogen-bond acceptors (Lipinski definition) is 3. The first kappa shape index (κ1) is 18.9. The summed E-state index contributed by atoms with van der Waals surface area (Å²) in [5, 5.41) is 2.91. The van der Waals surface area contributed by atoms with Crippen molar-refractivity contribution in [1.82, 2.24) is 9.62 Å². The van der Waals surface area contributed by atoms with Gasteiger partial charge in [-0.05, 0) is 32.4 Å². The summed E-state index contributed by atoms with van der Waals surface area (Å²) in [5.74, 6) is 0.0432. The third-order valence-electron chi connectivity index (χ3n) is 4.58. The van der Waals surface area contributed by atoms with E-state index >= 15 is 0 Å². The molecule has 0 aromatic heterocycles. The molecule has 6 nitrogen and oxygen atoms in total. The van der Waals surface area contributed by atoms with Crippen molar-refractivity contribution in [3.8, 4) is 0 Å². The molecule has 1 fully saturated rings. The van der Waals surface area contributed by atoms with Crippen LogP contribution in [-0.4, -0.2) is 57.4 Å². The molecular weight excluding hydrogens is 326 g/mol. The monoisotopic (exact) mass is 354 g/mol. The van der Waals surface area contributed by atoms with Gasteiger partial charge in [0.05, 0.1) is 31.1 Å². The minimum absolute atomic E-state index is 0.0432. The van der Waals surface area contributed by atoms with Gasteiger partial charge in [0.2, 0.25) is 10.0 Å². The predicted octanol–water partition coefficient (Wildman–Crippen LogP) is -0.201. The predicted molar refractivity (Wildman–Crippen MR) is 93.4 cm³/mol. The van der Waals surface area contributed by atoms with Crippen LogP contribution >= 0.6 is 0 Å². The lowest BCUT2D eigenvalue weighted by atomic mass is 10.2. The molecular formula is C17H28N3O3S+. The second-order valence-electron chi connectivity index (χ2n) is 6.39. The number of quaternary nitrogens is 1. The number of carbonyl (C=O) groups excluding carboxylic acids is 1. The number of nitrogens with one attached hydrogen (secondary N) is 2. The standard InChI is InChI=1S/C17H27N3O3S/c1-4-9-18-17(21)15(3)19-10-12-20(13-11-19)24(22,23)16-7-5-14(2)6-8-16/h5-8,15H,4,9-13H2,1-3H3,(H,18,21)/p+1/t15-/m1/s1. The van der Waals surface area contributed by atoms with Gasteiger partial charge in [-0.1, -0.05) is 24.6 Å². The highest BCUT2D eigenvalue weighted by atomic mass is 32.2. The van der Waals surface area contributed by atoms with Gasteiger partial charge in [-0.15, -0.1) is 0 Å². The van der Waals surface area contributed by atoms with Crippen molar-refractivity contribution in [3.05, 3.63) is 29.8 Å². The third-order valence-corrected chi connectivity index (χ3v) is 6.49. The largest absolute Gasteiger partial charge is 0.351 e. The van der Waals surface area contributed by atoms with Gasteiger partial charge in [0.15, 0.2) is 6.04 Å². The van der Waals surface area contributed by atoms with Crippen LogP contribution in [0.2, 0.25) is 0 Å². The highest BCUT2D eigenvalue weighted by Gasteiger charge is 2.34. The highest BCUT2D eigenvalue weighted by molar-refractivity contribution is 7.89. The fraction of sp³-hybridized carbons (Fsp3) is 0.588. The number of piperazine rings is 1. The van der Waals surface area contributed by atoms with E-state index in [4.69, 9.17) is 0 Å². The molecule has 0 unspecified atom stereocenters. The molecule has 0 radical (unpaired) electrons. The summed E-state index contributed by atoms with van der Waals surface area (Å²) in [6.45, 7) is 8.72. The van der Waals surface area contributed by atoms with E-state index < -0.39 is 10.0 Å². The van der Waals surface area contributed by atoms with Gasteiger partial charge in [0.25, 0.3) is 5.91 Å². The summed E-state index contributed by atoms with van der Waals surface area (Å²) in [5.41, 5.74) is 1.04. The number of carbonyl (C=O) groups is 1. The topological polar surface area (TPSA) is 70.9 Å². The Balaban J connectivity index is 1.96.